The van der Waals surface area contributed by atoms with E-state index in [1.54, 1.807) is 7.11 Å². The Balaban J connectivity index is 0.00000264. The Bertz CT molecular complexity index is 629. The quantitative estimate of drug-likeness (QED) is 0.749. The molecule has 0 aliphatic heterocycles. The van der Waals surface area contributed by atoms with Crippen LogP contribution in [0.2, 0.25) is 0 Å². The van der Waals surface area contributed by atoms with Gasteiger partial charge in [-0.3, -0.25) is 0 Å². The zero-order valence-electron chi connectivity index (χ0n) is 13.6. The van der Waals surface area contributed by atoms with E-state index in [1.165, 1.54) is 0 Å². The zero-order chi connectivity index (χ0) is 15.9. The maximum absolute atomic E-state index is 6.18. The van der Waals surface area contributed by atoms with Crippen molar-refractivity contribution in [3.8, 4) is 11.5 Å². The first kappa shape index (κ1) is 19.1. The number of ether oxygens (including phenoxy) is 2. The summed E-state index contributed by atoms with van der Waals surface area (Å²) < 4.78 is 11.3. The van der Waals surface area contributed by atoms with Crippen molar-refractivity contribution in [3.05, 3.63) is 71.8 Å². The summed E-state index contributed by atoms with van der Waals surface area (Å²) in [4.78, 5) is 0. The van der Waals surface area contributed by atoms with Crippen molar-refractivity contribution >= 4 is 12.4 Å². The third-order valence-electron chi connectivity index (χ3n) is 3.42. The van der Waals surface area contributed by atoms with Crippen LogP contribution in [-0.4, -0.2) is 7.11 Å². The molecule has 0 radical (unpaired) electrons. The molecule has 0 spiro atoms. The van der Waals surface area contributed by atoms with Gasteiger partial charge >= 0.3 is 0 Å². The minimum absolute atomic E-state index is 0. The van der Waals surface area contributed by atoms with E-state index in [4.69, 9.17) is 15.2 Å². The van der Waals surface area contributed by atoms with Crippen LogP contribution in [0.3, 0.4) is 0 Å². The minimum atomic E-state index is -0.0745. The van der Waals surface area contributed by atoms with E-state index >= 15 is 0 Å². The Morgan fingerprint density at radius 1 is 1.13 bits per heavy atom. The third-order valence-corrected chi connectivity index (χ3v) is 3.42. The topological polar surface area (TPSA) is 44.5 Å². The lowest BCUT2D eigenvalue weighted by atomic mass is 10.0. The number of benzene rings is 2. The van der Waals surface area contributed by atoms with E-state index in [2.05, 4.69) is 6.58 Å². The highest BCUT2D eigenvalue weighted by Gasteiger charge is 2.11. The normalized spacial score (nSPS) is 11.3. The molecule has 0 saturated carbocycles. The van der Waals surface area contributed by atoms with Crippen molar-refractivity contribution in [1.82, 2.24) is 0 Å². The highest BCUT2D eigenvalue weighted by atomic mass is 35.5. The molecule has 124 valence electrons. The molecule has 0 amide bonds. The van der Waals surface area contributed by atoms with E-state index in [0.29, 0.717) is 12.4 Å². The average molecular weight is 334 g/mol. The molecule has 0 fully saturated rings. The molecule has 0 unspecified atom stereocenters. The number of hydrogen-bond donors (Lipinski definition) is 1. The van der Waals surface area contributed by atoms with Gasteiger partial charge < -0.3 is 15.2 Å². The molecule has 2 aromatic rings. The van der Waals surface area contributed by atoms with E-state index in [1.807, 2.05) is 55.5 Å². The lowest BCUT2D eigenvalue weighted by Gasteiger charge is -2.16. The van der Waals surface area contributed by atoms with Gasteiger partial charge in [0.15, 0.2) is 11.5 Å². The first-order valence-corrected chi connectivity index (χ1v) is 7.34. The lowest BCUT2D eigenvalue weighted by molar-refractivity contribution is 0.284. The molecular formula is C19H24ClNO2. The lowest BCUT2D eigenvalue weighted by Crippen LogP contribution is -2.10. The highest BCUT2D eigenvalue weighted by molar-refractivity contribution is 5.85. The molecular weight excluding hydrogens is 310 g/mol. The van der Waals surface area contributed by atoms with Crippen LogP contribution in [0.15, 0.2) is 60.7 Å². The molecule has 0 heterocycles. The second kappa shape index (κ2) is 9.23. The summed E-state index contributed by atoms with van der Waals surface area (Å²) in [7, 11) is 1.64. The summed E-state index contributed by atoms with van der Waals surface area (Å²) >= 11 is 0. The van der Waals surface area contributed by atoms with Crippen molar-refractivity contribution in [3.63, 3.8) is 0 Å². The van der Waals surface area contributed by atoms with Crippen LogP contribution >= 0.6 is 12.4 Å². The summed E-state index contributed by atoms with van der Waals surface area (Å²) in [5, 5.41) is 0. The molecule has 4 heteroatoms. The second-order valence-electron chi connectivity index (χ2n) is 5.45. The van der Waals surface area contributed by atoms with Crippen molar-refractivity contribution in [1.29, 1.82) is 0 Å². The average Bonchev–Trinajstić information content (AvgIpc) is 2.53. The fourth-order valence-corrected chi connectivity index (χ4v) is 2.26. The fourth-order valence-electron chi connectivity index (χ4n) is 2.26. The number of halogens is 1. The summed E-state index contributed by atoms with van der Waals surface area (Å²) in [6, 6.07) is 15.8. The SMILES string of the molecule is C=C(C)C[C@H](N)c1ccc(OCc2ccccc2)c(OC)c1.Cl. The van der Waals surface area contributed by atoms with Crippen LogP contribution in [0.5, 0.6) is 11.5 Å². The first-order valence-electron chi connectivity index (χ1n) is 7.34. The van der Waals surface area contributed by atoms with Gasteiger partial charge in [-0.05, 0) is 36.6 Å². The first-order chi connectivity index (χ1) is 10.6. The molecule has 0 saturated heterocycles. The summed E-state index contributed by atoms with van der Waals surface area (Å²) in [6.07, 6.45) is 0.757. The molecule has 0 aliphatic rings. The molecule has 0 aliphatic carbocycles. The smallest absolute Gasteiger partial charge is 0.161 e. The predicted octanol–water partition coefficient (Wildman–Crippen LogP) is 4.66. The molecule has 2 aromatic carbocycles. The van der Waals surface area contributed by atoms with E-state index in [9.17, 15) is 0 Å². The van der Waals surface area contributed by atoms with Crippen molar-refractivity contribution in [2.24, 2.45) is 5.73 Å². The third kappa shape index (κ3) is 5.62. The Labute approximate surface area is 144 Å². The molecule has 0 aromatic heterocycles. The van der Waals surface area contributed by atoms with Gasteiger partial charge in [-0.2, -0.15) is 0 Å². The molecule has 0 bridgehead atoms. The largest absolute Gasteiger partial charge is 0.493 e. The van der Waals surface area contributed by atoms with Crippen LogP contribution in [0.4, 0.5) is 0 Å². The van der Waals surface area contributed by atoms with Crippen LogP contribution in [0.1, 0.15) is 30.5 Å². The molecule has 23 heavy (non-hydrogen) atoms. The van der Waals surface area contributed by atoms with Gasteiger partial charge in [0.05, 0.1) is 7.11 Å². The van der Waals surface area contributed by atoms with Gasteiger partial charge in [-0.15, -0.1) is 19.0 Å². The van der Waals surface area contributed by atoms with Crippen LogP contribution in [0, 0.1) is 0 Å². The summed E-state index contributed by atoms with van der Waals surface area (Å²) in [6.45, 7) is 6.40. The molecule has 1 atom stereocenters. The standard InChI is InChI=1S/C19H23NO2.ClH/c1-14(2)11-17(20)16-9-10-18(19(12-16)21-3)22-13-15-7-5-4-6-8-15;/h4-10,12,17H,1,11,13,20H2,2-3H3;1H/t17-;/m0./s1. The molecule has 2 N–H and O–H groups in total. The summed E-state index contributed by atoms with van der Waals surface area (Å²) in [5.74, 6) is 1.42. The van der Waals surface area contributed by atoms with Crippen LogP contribution < -0.4 is 15.2 Å². The number of methoxy groups -OCH3 is 1. The van der Waals surface area contributed by atoms with Gasteiger partial charge in [0.2, 0.25) is 0 Å². The minimum Gasteiger partial charge on any atom is -0.493 e. The van der Waals surface area contributed by atoms with Gasteiger partial charge in [0, 0.05) is 6.04 Å². The Kier molecular flexibility index (Phi) is 7.66. The Morgan fingerprint density at radius 3 is 2.43 bits per heavy atom. The molecule has 2 rings (SSSR count). The predicted molar refractivity (Wildman–Crippen MR) is 97.4 cm³/mol. The van der Waals surface area contributed by atoms with E-state index in [0.717, 1.165) is 28.9 Å². The second-order valence-corrected chi connectivity index (χ2v) is 5.45. The van der Waals surface area contributed by atoms with Crippen molar-refractivity contribution < 1.29 is 9.47 Å². The van der Waals surface area contributed by atoms with E-state index in [-0.39, 0.29) is 18.4 Å². The van der Waals surface area contributed by atoms with Gasteiger partial charge in [-0.1, -0.05) is 42.0 Å². The molecule has 3 nitrogen and oxygen atoms in total. The Morgan fingerprint density at radius 2 is 1.83 bits per heavy atom. The highest BCUT2D eigenvalue weighted by Crippen LogP contribution is 2.31. The number of nitrogens with two attached hydrogens (primary N) is 1. The fraction of sp³-hybridized carbons (Fsp3) is 0.263. The maximum Gasteiger partial charge on any atom is 0.161 e. The van der Waals surface area contributed by atoms with Crippen molar-refractivity contribution in [2.45, 2.75) is 26.0 Å². The Hall–Kier alpha value is -1.97. The van der Waals surface area contributed by atoms with Gasteiger partial charge in [0.25, 0.3) is 0 Å². The zero-order valence-corrected chi connectivity index (χ0v) is 14.4. The number of rotatable bonds is 7. The van der Waals surface area contributed by atoms with E-state index < -0.39 is 0 Å². The summed E-state index contributed by atoms with van der Waals surface area (Å²) in [5.41, 5.74) is 9.38. The maximum atomic E-state index is 6.18. The van der Waals surface area contributed by atoms with Gasteiger partial charge in [-0.25, -0.2) is 0 Å². The number of hydrogen-bond acceptors (Lipinski definition) is 3. The van der Waals surface area contributed by atoms with Crippen LogP contribution in [-0.2, 0) is 6.61 Å². The van der Waals surface area contributed by atoms with Crippen LogP contribution in [0.25, 0.3) is 0 Å². The van der Waals surface area contributed by atoms with Crippen molar-refractivity contribution in [2.75, 3.05) is 7.11 Å². The van der Waals surface area contributed by atoms with Gasteiger partial charge in [0.1, 0.15) is 6.61 Å². The monoisotopic (exact) mass is 333 g/mol.